The van der Waals surface area contributed by atoms with Crippen LogP contribution in [0.2, 0.25) is 0 Å². The fraction of sp³-hybridized carbons (Fsp3) is 0.300. The van der Waals surface area contributed by atoms with Crippen LogP contribution in [0.4, 0.5) is 0 Å². The largest absolute Gasteiger partial charge is 0.497 e. The molecule has 0 amide bonds. The molecule has 0 bridgehead atoms. The highest BCUT2D eigenvalue weighted by molar-refractivity contribution is 5.97. The van der Waals surface area contributed by atoms with Crippen LogP contribution in [0.3, 0.4) is 0 Å². The highest BCUT2D eigenvalue weighted by Crippen LogP contribution is 2.24. The second-order valence-electron chi connectivity index (χ2n) is 2.62. The number of rotatable bonds is 3. The van der Waals surface area contributed by atoms with Crippen molar-refractivity contribution in [1.29, 1.82) is 0 Å². The van der Waals surface area contributed by atoms with Crippen molar-refractivity contribution in [1.82, 2.24) is 0 Å². The Morgan fingerprint density at radius 2 is 1.92 bits per heavy atom. The molecular formula is C10H12O3. The van der Waals surface area contributed by atoms with E-state index in [4.69, 9.17) is 9.47 Å². The number of Topliss-reactive ketones (excluding diaryl/α,β-unsaturated/α-hetero) is 1. The number of ketones is 1. The normalized spacial score (nSPS) is 9.46. The van der Waals surface area contributed by atoms with E-state index in [-0.39, 0.29) is 5.78 Å². The maximum absolute atomic E-state index is 11.1. The average molecular weight is 180 g/mol. The van der Waals surface area contributed by atoms with Gasteiger partial charge in [0.05, 0.1) is 19.8 Å². The Labute approximate surface area is 77.3 Å². The van der Waals surface area contributed by atoms with E-state index in [1.165, 1.54) is 14.0 Å². The SMILES string of the molecule is COc1ccc(C(C)=O)c(OC)c1. The Hall–Kier alpha value is -1.51. The zero-order valence-electron chi connectivity index (χ0n) is 7.96. The molecule has 0 aliphatic carbocycles. The lowest BCUT2D eigenvalue weighted by Crippen LogP contribution is -1.97. The molecule has 13 heavy (non-hydrogen) atoms. The number of carbonyl (C=O) groups is 1. The summed E-state index contributed by atoms with van der Waals surface area (Å²) in [4.78, 5) is 11.1. The molecule has 70 valence electrons. The molecule has 1 aromatic rings. The Morgan fingerprint density at radius 1 is 1.23 bits per heavy atom. The lowest BCUT2D eigenvalue weighted by Gasteiger charge is -2.07. The summed E-state index contributed by atoms with van der Waals surface area (Å²) < 4.78 is 10.0. The van der Waals surface area contributed by atoms with E-state index in [1.807, 2.05) is 0 Å². The smallest absolute Gasteiger partial charge is 0.163 e. The summed E-state index contributed by atoms with van der Waals surface area (Å²) in [5.41, 5.74) is 0.573. The highest BCUT2D eigenvalue weighted by Gasteiger charge is 2.08. The quantitative estimate of drug-likeness (QED) is 0.666. The summed E-state index contributed by atoms with van der Waals surface area (Å²) >= 11 is 0. The zero-order chi connectivity index (χ0) is 9.84. The standard InChI is InChI=1S/C10H12O3/c1-7(11)9-5-4-8(12-2)6-10(9)13-3/h4-6H,1-3H3. The van der Waals surface area contributed by atoms with Crippen LogP contribution in [0, 0.1) is 0 Å². The number of hydrogen-bond donors (Lipinski definition) is 0. The first-order valence-electron chi connectivity index (χ1n) is 3.92. The third-order valence-electron chi connectivity index (χ3n) is 1.79. The first-order valence-corrected chi connectivity index (χ1v) is 3.92. The molecule has 3 heteroatoms. The molecule has 0 atom stereocenters. The lowest BCUT2D eigenvalue weighted by molar-refractivity contribution is 0.101. The second kappa shape index (κ2) is 3.94. The molecule has 0 heterocycles. The van der Waals surface area contributed by atoms with Gasteiger partial charge < -0.3 is 9.47 Å². The van der Waals surface area contributed by atoms with Crippen LogP contribution in [-0.4, -0.2) is 20.0 Å². The number of carbonyl (C=O) groups excluding carboxylic acids is 1. The Kier molecular flexibility index (Phi) is 2.90. The fourth-order valence-electron chi connectivity index (χ4n) is 1.09. The van der Waals surface area contributed by atoms with E-state index >= 15 is 0 Å². The van der Waals surface area contributed by atoms with Crippen LogP contribution in [0.5, 0.6) is 11.5 Å². The molecule has 0 aliphatic heterocycles. The van der Waals surface area contributed by atoms with Gasteiger partial charge >= 0.3 is 0 Å². The molecule has 0 radical (unpaired) electrons. The minimum Gasteiger partial charge on any atom is -0.497 e. The van der Waals surface area contributed by atoms with Crippen LogP contribution in [0.25, 0.3) is 0 Å². The number of ether oxygens (including phenoxy) is 2. The van der Waals surface area contributed by atoms with Gasteiger partial charge in [-0.1, -0.05) is 0 Å². The molecule has 0 aliphatic rings. The first kappa shape index (κ1) is 9.58. The van der Waals surface area contributed by atoms with Crippen molar-refractivity contribution in [3.8, 4) is 11.5 Å². The van der Waals surface area contributed by atoms with Crippen LogP contribution in [0.1, 0.15) is 17.3 Å². The summed E-state index contributed by atoms with van der Waals surface area (Å²) in [5, 5.41) is 0. The van der Waals surface area contributed by atoms with Crippen LogP contribution in [-0.2, 0) is 0 Å². The van der Waals surface area contributed by atoms with E-state index in [9.17, 15) is 4.79 Å². The van der Waals surface area contributed by atoms with Crippen molar-refractivity contribution in [2.75, 3.05) is 14.2 Å². The van der Waals surface area contributed by atoms with Crippen molar-refractivity contribution in [3.63, 3.8) is 0 Å². The summed E-state index contributed by atoms with van der Waals surface area (Å²) in [6.45, 7) is 1.50. The van der Waals surface area contributed by atoms with E-state index < -0.39 is 0 Å². The van der Waals surface area contributed by atoms with Gasteiger partial charge in [0.2, 0.25) is 0 Å². The zero-order valence-corrected chi connectivity index (χ0v) is 7.96. The van der Waals surface area contributed by atoms with Crippen LogP contribution in [0.15, 0.2) is 18.2 Å². The maximum atomic E-state index is 11.1. The van der Waals surface area contributed by atoms with E-state index in [1.54, 1.807) is 25.3 Å². The molecule has 0 unspecified atom stereocenters. The Bertz CT molecular complexity index is 318. The predicted molar refractivity (Wildman–Crippen MR) is 49.6 cm³/mol. The van der Waals surface area contributed by atoms with E-state index in [2.05, 4.69) is 0 Å². The van der Waals surface area contributed by atoms with Gasteiger partial charge in [0.1, 0.15) is 11.5 Å². The van der Waals surface area contributed by atoms with E-state index in [0.717, 1.165) is 0 Å². The second-order valence-corrected chi connectivity index (χ2v) is 2.62. The molecule has 0 fully saturated rings. The van der Waals surface area contributed by atoms with Gasteiger partial charge in [0, 0.05) is 6.07 Å². The van der Waals surface area contributed by atoms with Gasteiger partial charge in [0.15, 0.2) is 5.78 Å². The maximum Gasteiger partial charge on any atom is 0.163 e. The molecule has 0 aromatic heterocycles. The van der Waals surface area contributed by atoms with Gasteiger partial charge in [-0.25, -0.2) is 0 Å². The molecule has 0 saturated carbocycles. The molecule has 0 saturated heterocycles. The molecule has 0 N–H and O–H groups in total. The monoisotopic (exact) mass is 180 g/mol. The minimum atomic E-state index is -0.0143. The third kappa shape index (κ3) is 1.99. The first-order chi connectivity index (χ1) is 6.19. The van der Waals surface area contributed by atoms with Gasteiger partial charge in [0.25, 0.3) is 0 Å². The number of hydrogen-bond acceptors (Lipinski definition) is 3. The summed E-state index contributed by atoms with van der Waals surface area (Å²) in [5.74, 6) is 1.22. The van der Waals surface area contributed by atoms with Crippen molar-refractivity contribution in [2.24, 2.45) is 0 Å². The highest BCUT2D eigenvalue weighted by atomic mass is 16.5. The topological polar surface area (TPSA) is 35.5 Å². The summed E-state index contributed by atoms with van der Waals surface area (Å²) in [7, 11) is 3.10. The molecule has 3 nitrogen and oxygen atoms in total. The Morgan fingerprint density at radius 3 is 2.38 bits per heavy atom. The number of methoxy groups -OCH3 is 2. The van der Waals surface area contributed by atoms with Crippen molar-refractivity contribution in [2.45, 2.75) is 6.92 Å². The van der Waals surface area contributed by atoms with Crippen molar-refractivity contribution in [3.05, 3.63) is 23.8 Å². The third-order valence-corrected chi connectivity index (χ3v) is 1.79. The summed E-state index contributed by atoms with van der Waals surface area (Å²) in [6, 6.07) is 5.12. The van der Waals surface area contributed by atoms with Gasteiger partial charge in [-0.15, -0.1) is 0 Å². The van der Waals surface area contributed by atoms with Gasteiger partial charge in [-0.05, 0) is 19.1 Å². The van der Waals surface area contributed by atoms with Crippen LogP contribution < -0.4 is 9.47 Å². The fourth-order valence-corrected chi connectivity index (χ4v) is 1.09. The summed E-state index contributed by atoms with van der Waals surface area (Å²) in [6.07, 6.45) is 0. The predicted octanol–water partition coefficient (Wildman–Crippen LogP) is 1.91. The molecule has 1 rings (SSSR count). The van der Waals surface area contributed by atoms with Gasteiger partial charge in [-0.2, -0.15) is 0 Å². The molecule has 0 spiro atoms. The average Bonchev–Trinajstić information content (AvgIpc) is 2.16. The van der Waals surface area contributed by atoms with E-state index in [0.29, 0.717) is 17.1 Å². The molecular weight excluding hydrogens is 168 g/mol. The van der Waals surface area contributed by atoms with Crippen molar-refractivity contribution < 1.29 is 14.3 Å². The Balaban J connectivity index is 3.15. The number of benzene rings is 1. The molecule has 1 aromatic carbocycles. The lowest BCUT2D eigenvalue weighted by atomic mass is 10.1. The van der Waals surface area contributed by atoms with Crippen molar-refractivity contribution >= 4 is 5.78 Å². The minimum absolute atomic E-state index is 0.0143. The van der Waals surface area contributed by atoms with Crippen LogP contribution >= 0.6 is 0 Å². The van der Waals surface area contributed by atoms with Gasteiger partial charge in [-0.3, -0.25) is 4.79 Å².